The zero-order valence-corrected chi connectivity index (χ0v) is 11.8. The molecule has 0 nitrogen and oxygen atoms in total. The van der Waals surface area contributed by atoms with Gasteiger partial charge in [0, 0.05) is 0 Å². The lowest BCUT2D eigenvalue weighted by atomic mass is 10.1. The van der Waals surface area contributed by atoms with Gasteiger partial charge in [0.1, 0.15) is 0 Å². The van der Waals surface area contributed by atoms with Gasteiger partial charge >= 0.3 is 0 Å². The summed E-state index contributed by atoms with van der Waals surface area (Å²) >= 11 is 0. The first-order chi connectivity index (χ1) is 8.41. The molecule has 0 rings (SSSR count). The van der Waals surface area contributed by atoms with Crippen molar-refractivity contribution in [2.24, 2.45) is 0 Å². The van der Waals surface area contributed by atoms with E-state index in [9.17, 15) is 0 Å². The molecule has 0 aromatic carbocycles. The first kappa shape index (κ1) is 16.2. The van der Waals surface area contributed by atoms with Crippen molar-refractivity contribution in [1.29, 1.82) is 0 Å². The summed E-state index contributed by atoms with van der Waals surface area (Å²) < 4.78 is 0. The highest BCUT2D eigenvalue weighted by atomic mass is 13.9. The van der Waals surface area contributed by atoms with Crippen molar-refractivity contribution in [3.8, 4) is 0 Å². The third-order valence-corrected chi connectivity index (χ3v) is 2.76. The van der Waals surface area contributed by atoms with Crippen LogP contribution in [0.25, 0.3) is 0 Å². The van der Waals surface area contributed by atoms with Crippen molar-refractivity contribution in [1.82, 2.24) is 0 Å². The second-order valence-corrected chi connectivity index (χ2v) is 4.52. The van der Waals surface area contributed by atoms with Gasteiger partial charge in [0.15, 0.2) is 0 Å². The van der Waals surface area contributed by atoms with Gasteiger partial charge in [-0.2, -0.15) is 0 Å². The molecule has 0 N–H and O–H groups in total. The molecular weight excluding hydrogens is 204 g/mol. The molecule has 0 saturated carbocycles. The third kappa shape index (κ3) is 15.2. The predicted octanol–water partition coefficient (Wildman–Crippen LogP) is 6.21. The average Bonchev–Trinajstić information content (AvgIpc) is 2.35. The normalized spacial score (nSPS) is 12.4. The topological polar surface area (TPSA) is 0 Å². The fraction of sp³-hybridized carbons (Fsp3) is 0.647. The maximum Gasteiger partial charge on any atom is -0.0313 e. The maximum atomic E-state index is 2.30. The SMILES string of the molecule is CC/C=C/CC/C=C/C=C/CCCCCCC. The number of allylic oxidation sites excluding steroid dienone is 6. The molecule has 0 bridgehead atoms. The summed E-state index contributed by atoms with van der Waals surface area (Å²) in [5, 5.41) is 0. The van der Waals surface area contributed by atoms with E-state index in [4.69, 9.17) is 0 Å². The number of hydrogen-bond donors (Lipinski definition) is 0. The van der Waals surface area contributed by atoms with Crippen molar-refractivity contribution in [2.45, 2.75) is 71.6 Å². The molecule has 0 saturated heterocycles. The van der Waals surface area contributed by atoms with E-state index < -0.39 is 0 Å². The largest absolute Gasteiger partial charge is 0.0888 e. The summed E-state index contributed by atoms with van der Waals surface area (Å²) in [4.78, 5) is 0. The van der Waals surface area contributed by atoms with Gasteiger partial charge in [0.05, 0.1) is 0 Å². The highest BCUT2D eigenvalue weighted by molar-refractivity contribution is 5.02. The van der Waals surface area contributed by atoms with Crippen LogP contribution in [0.2, 0.25) is 0 Å². The lowest BCUT2D eigenvalue weighted by molar-refractivity contribution is 0.637. The molecule has 0 unspecified atom stereocenters. The van der Waals surface area contributed by atoms with Crippen molar-refractivity contribution < 1.29 is 0 Å². The molecule has 0 aromatic heterocycles. The smallest absolute Gasteiger partial charge is 0.0313 e. The molecule has 0 heterocycles. The highest BCUT2D eigenvalue weighted by Crippen LogP contribution is 2.05. The van der Waals surface area contributed by atoms with Gasteiger partial charge in [-0.15, -0.1) is 0 Å². The maximum absolute atomic E-state index is 2.30. The quantitative estimate of drug-likeness (QED) is 0.227. The second kappa shape index (κ2) is 15.2. The van der Waals surface area contributed by atoms with E-state index in [1.54, 1.807) is 0 Å². The lowest BCUT2D eigenvalue weighted by Crippen LogP contribution is -1.75. The van der Waals surface area contributed by atoms with Crippen LogP contribution in [0, 0.1) is 0 Å². The zero-order chi connectivity index (χ0) is 12.6. The predicted molar refractivity (Wildman–Crippen MR) is 80.3 cm³/mol. The van der Waals surface area contributed by atoms with Crippen molar-refractivity contribution in [2.75, 3.05) is 0 Å². The molecule has 0 spiro atoms. The Kier molecular flexibility index (Phi) is 14.5. The van der Waals surface area contributed by atoms with Crippen LogP contribution in [0.5, 0.6) is 0 Å². The standard InChI is InChI=1S/C17H30/c1-3-5-7-9-11-13-15-17-16-14-12-10-8-6-4-2/h5,7,13,15-17H,3-4,6,8-12,14H2,1-2H3/b7-5+,15-13+,17-16+. The van der Waals surface area contributed by atoms with E-state index in [1.165, 1.54) is 44.9 Å². The first-order valence-corrected chi connectivity index (χ1v) is 7.38. The van der Waals surface area contributed by atoms with Crippen LogP contribution in [0.3, 0.4) is 0 Å². The highest BCUT2D eigenvalue weighted by Gasteiger charge is 1.85. The number of hydrogen-bond acceptors (Lipinski definition) is 0. The van der Waals surface area contributed by atoms with Crippen LogP contribution in [0.4, 0.5) is 0 Å². The Hall–Kier alpha value is -0.780. The summed E-state index contributed by atoms with van der Waals surface area (Å²) in [5.74, 6) is 0. The van der Waals surface area contributed by atoms with E-state index in [0.717, 1.165) is 12.8 Å². The van der Waals surface area contributed by atoms with Crippen LogP contribution >= 0.6 is 0 Å². The molecule has 0 radical (unpaired) electrons. The molecule has 0 heteroatoms. The molecule has 0 amide bonds. The van der Waals surface area contributed by atoms with Crippen LogP contribution in [-0.2, 0) is 0 Å². The minimum absolute atomic E-state index is 1.15. The molecular formula is C17H30. The summed E-state index contributed by atoms with van der Waals surface area (Å²) in [6.07, 6.45) is 25.1. The lowest BCUT2D eigenvalue weighted by Gasteiger charge is -1.95. The monoisotopic (exact) mass is 234 g/mol. The number of unbranched alkanes of at least 4 members (excludes halogenated alkanes) is 6. The first-order valence-electron chi connectivity index (χ1n) is 7.38. The van der Waals surface area contributed by atoms with Crippen LogP contribution in [-0.4, -0.2) is 0 Å². The molecule has 17 heavy (non-hydrogen) atoms. The van der Waals surface area contributed by atoms with Gasteiger partial charge < -0.3 is 0 Å². The van der Waals surface area contributed by atoms with Crippen molar-refractivity contribution in [3.63, 3.8) is 0 Å². The molecule has 0 aliphatic carbocycles. The Morgan fingerprint density at radius 3 is 1.94 bits per heavy atom. The van der Waals surface area contributed by atoms with Crippen molar-refractivity contribution in [3.05, 3.63) is 36.5 Å². The number of rotatable bonds is 11. The minimum atomic E-state index is 1.15. The molecule has 0 aromatic rings. The van der Waals surface area contributed by atoms with Gasteiger partial charge in [-0.05, 0) is 32.1 Å². The van der Waals surface area contributed by atoms with Crippen LogP contribution < -0.4 is 0 Å². The third-order valence-electron chi connectivity index (χ3n) is 2.76. The van der Waals surface area contributed by atoms with Crippen LogP contribution in [0.1, 0.15) is 71.6 Å². The van der Waals surface area contributed by atoms with E-state index >= 15 is 0 Å². The van der Waals surface area contributed by atoms with Gasteiger partial charge in [0.25, 0.3) is 0 Å². The van der Waals surface area contributed by atoms with Gasteiger partial charge in [-0.25, -0.2) is 0 Å². The Bertz CT molecular complexity index is 208. The molecule has 98 valence electrons. The summed E-state index contributed by atoms with van der Waals surface area (Å²) in [6.45, 7) is 4.44. The Morgan fingerprint density at radius 2 is 1.24 bits per heavy atom. The molecule has 0 atom stereocenters. The summed E-state index contributed by atoms with van der Waals surface area (Å²) in [6, 6.07) is 0. The molecule has 0 aliphatic heterocycles. The average molecular weight is 234 g/mol. The van der Waals surface area contributed by atoms with E-state index in [0.29, 0.717) is 0 Å². The second-order valence-electron chi connectivity index (χ2n) is 4.52. The fourth-order valence-corrected chi connectivity index (χ4v) is 1.69. The summed E-state index contributed by atoms with van der Waals surface area (Å²) in [5.41, 5.74) is 0. The van der Waals surface area contributed by atoms with E-state index in [2.05, 4.69) is 50.3 Å². The summed E-state index contributed by atoms with van der Waals surface area (Å²) in [7, 11) is 0. The molecule has 0 aliphatic rings. The van der Waals surface area contributed by atoms with Gasteiger partial charge in [-0.1, -0.05) is 76.0 Å². The van der Waals surface area contributed by atoms with Crippen molar-refractivity contribution >= 4 is 0 Å². The fourth-order valence-electron chi connectivity index (χ4n) is 1.69. The van der Waals surface area contributed by atoms with Gasteiger partial charge in [-0.3, -0.25) is 0 Å². The minimum Gasteiger partial charge on any atom is -0.0888 e. The Labute approximate surface area is 109 Å². The Balaban J connectivity index is 3.23. The van der Waals surface area contributed by atoms with E-state index in [1.807, 2.05) is 0 Å². The van der Waals surface area contributed by atoms with Gasteiger partial charge in [0.2, 0.25) is 0 Å². The molecule has 0 fully saturated rings. The van der Waals surface area contributed by atoms with E-state index in [-0.39, 0.29) is 0 Å². The zero-order valence-electron chi connectivity index (χ0n) is 11.8. The van der Waals surface area contributed by atoms with Crippen LogP contribution in [0.15, 0.2) is 36.5 Å². The Morgan fingerprint density at radius 1 is 0.588 bits per heavy atom.